The quantitative estimate of drug-likeness (QED) is 0.481. The van der Waals surface area contributed by atoms with Crippen LogP contribution in [-0.4, -0.2) is 43.7 Å². The Morgan fingerprint density at radius 1 is 1.00 bits per heavy atom. The molecule has 2 aromatic carbocycles. The number of hydrogen-bond donors (Lipinski definition) is 1. The molecule has 1 unspecified atom stereocenters. The summed E-state index contributed by atoms with van der Waals surface area (Å²) < 4.78 is 11.2. The normalized spacial score (nSPS) is 14.2. The van der Waals surface area contributed by atoms with Crippen molar-refractivity contribution in [3.63, 3.8) is 0 Å². The maximum atomic E-state index is 13.0. The van der Waals surface area contributed by atoms with Crippen LogP contribution in [0.15, 0.2) is 42.5 Å². The average molecular weight is 453 g/mol. The van der Waals surface area contributed by atoms with E-state index < -0.39 is 0 Å². The van der Waals surface area contributed by atoms with Crippen molar-refractivity contribution < 1.29 is 14.3 Å². The average Bonchev–Trinajstić information content (AvgIpc) is 2.80. The van der Waals surface area contributed by atoms with Crippen LogP contribution in [0.2, 0.25) is 0 Å². The largest absolute Gasteiger partial charge is 0.486 e. The monoisotopic (exact) mass is 452 g/mol. The molecule has 1 heterocycles. The summed E-state index contributed by atoms with van der Waals surface area (Å²) >= 11 is 0. The number of carbonyl (C=O) groups is 1. The molecule has 3 rings (SSSR count). The van der Waals surface area contributed by atoms with E-state index in [0.717, 1.165) is 43.9 Å². The van der Waals surface area contributed by atoms with E-state index in [9.17, 15) is 4.79 Å². The smallest absolute Gasteiger partial charge is 0.224 e. The first kappa shape index (κ1) is 25.1. The molecule has 1 atom stereocenters. The third-order valence-corrected chi connectivity index (χ3v) is 6.43. The molecule has 0 spiro atoms. The first-order valence-corrected chi connectivity index (χ1v) is 12.3. The van der Waals surface area contributed by atoms with Gasteiger partial charge in [-0.1, -0.05) is 58.9 Å². The summed E-state index contributed by atoms with van der Waals surface area (Å²) in [6.45, 7) is 15.4. The first-order chi connectivity index (χ1) is 15.8. The SMILES string of the molecule is CCN(CC)CCCC(CC(=O)Nc1ccc2c(c1)OCCO2)c1ccc(C(C)(C)C)cc1. The second-order valence-electron chi connectivity index (χ2n) is 9.85. The van der Waals surface area contributed by atoms with Crippen LogP contribution in [0.5, 0.6) is 11.5 Å². The Labute approximate surface area is 199 Å². The van der Waals surface area contributed by atoms with Crippen molar-refractivity contribution in [1.82, 2.24) is 4.90 Å². The lowest BCUT2D eigenvalue weighted by Gasteiger charge is -2.23. The second-order valence-corrected chi connectivity index (χ2v) is 9.85. The van der Waals surface area contributed by atoms with Crippen molar-refractivity contribution in [3.8, 4) is 11.5 Å². The lowest BCUT2D eigenvalue weighted by atomic mass is 9.84. The minimum absolute atomic E-state index is 0.0272. The predicted octanol–water partition coefficient (Wildman–Crippen LogP) is 5.99. The summed E-state index contributed by atoms with van der Waals surface area (Å²) in [5.74, 6) is 1.63. The molecule has 0 saturated carbocycles. The molecule has 0 saturated heterocycles. The van der Waals surface area contributed by atoms with Gasteiger partial charge in [0.1, 0.15) is 13.2 Å². The summed E-state index contributed by atoms with van der Waals surface area (Å²) in [6, 6.07) is 14.4. The Kier molecular flexibility index (Phi) is 8.79. The van der Waals surface area contributed by atoms with Crippen molar-refractivity contribution in [3.05, 3.63) is 53.6 Å². The van der Waals surface area contributed by atoms with Crippen LogP contribution in [0.3, 0.4) is 0 Å². The number of rotatable bonds is 10. The highest BCUT2D eigenvalue weighted by atomic mass is 16.6. The van der Waals surface area contributed by atoms with E-state index in [1.165, 1.54) is 11.1 Å². The zero-order chi connectivity index (χ0) is 23.8. The van der Waals surface area contributed by atoms with Crippen LogP contribution < -0.4 is 14.8 Å². The van der Waals surface area contributed by atoms with E-state index in [0.29, 0.717) is 25.4 Å². The third-order valence-electron chi connectivity index (χ3n) is 6.43. The molecule has 0 fully saturated rings. The van der Waals surface area contributed by atoms with Gasteiger partial charge in [-0.2, -0.15) is 0 Å². The molecule has 2 aromatic rings. The maximum absolute atomic E-state index is 13.0. The Balaban J connectivity index is 1.69. The minimum Gasteiger partial charge on any atom is -0.486 e. The Morgan fingerprint density at radius 3 is 2.30 bits per heavy atom. The summed E-state index contributed by atoms with van der Waals surface area (Å²) in [6.07, 6.45) is 2.52. The molecule has 180 valence electrons. The Morgan fingerprint density at radius 2 is 1.67 bits per heavy atom. The number of hydrogen-bond acceptors (Lipinski definition) is 4. The standard InChI is InChI=1S/C28H40N2O3/c1-6-30(7-2)16-8-9-22(21-10-12-23(13-11-21)28(3,4)5)19-27(31)29-24-14-15-25-26(20-24)33-18-17-32-25/h10-15,20,22H,6-9,16-19H2,1-5H3,(H,29,31). The van der Waals surface area contributed by atoms with Crippen molar-refractivity contribution in [2.24, 2.45) is 0 Å². The number of anilines is 1. The van der Waals surface area contributed by atoms with Crippen LogP contribution in [-0.2, 0) is 10.2 Å². The van der Waals surface area contributed by atoms with Gasteiger partial charge < -0.3 is 19.7 Å². The van der Waals surface area contributed by atoms with Gasteiger partial charge in [0.05, 0.1) is 0 Å². The van der Waals surface area contributed by atoms with Gasteiger partial charge in [0, 0.05) is 18.2 Å². The van der Waals surface area contributed by atoms with Crippen molar-refractivity contribution in [2.75, 3.05) is 38.2 Å². The van der Waals surface area contributed by atoms with E-state index in [1.54, 1.807) is 0 Å². The summed E-state index contributed by atoms with van der Waals surface area (Å²) in [5.41, 5.74) is 3.41. The highest BCUT2D eigenvalue weighted by Crippen LogP contribution is 2.33. The third kappa shape index (κ3) is 7.23. The molecular weight excluding hydrogens is 412 g/mol. The zero-order valence-electron chi connectivity index (χ0n) is 20.9. The first-order valence-electron chi connectivity index (χ1n) is 12.3. The van der Waals surface area contributed by atoms with Crippen LogP contribution in [0.1, 0.15) is 70.9 Å². The molecule has 0 aromatic heterocycles. The maximum Gasteiger partial charge on any atom is 0.224 e. The zero-order valence-corrected chi connectivity index (χ0v) is 20.9. The highest BCUT2D eigenvalue weighted by Gasteiger charge is 2.20. The number of carbonyl (C=O) groups excluding carboxylic acids is 1. The number of amides is 1. The van der Waals surface area contributed by atoms with E-state index in [2.05, 4.69) is 69.1 Å². The lowest BCUT2D eigenvalue weighted by Crippen LogP contribution is -2.24. The van der Waals surface area contributed by atoms with Gasteiger partial charge in [0.25, 0.3) is 0 Å². The summed E-state index contributed by atoms with van der Waals surface area (Å²) in [7, 11) is 0. The lowest BCUT2D eigenvalue weighted by molar-refractivity contribution is -0.116. The van der Waals surface area contributed by atoms with Crippen molar-refractivity contribution in [2.45, 2.75) is 65.2 Å². The van der Waals surface area contributed by atoms with Gasteiger partial charge >= 0.3 is 0 Å². The predicted molar refractivity (Wildman–Crippen MR) is 136 cm³/mol. The van der Waals surface area contributed by atoms with Gasteiger partial charge in [-0.05, 0) is 67.1 Å². The van der Waals surface area contributed by atoms with E-state index in [1.807, 2.05) is 18.2 Å². The fraction of sp³-hybridized carbons (Fsp3) is 0.536. The molecule has 33 heavy (non-hydrogen) atoms. The van der Waals surface area contributed by atoms with Gasteiger partial charge in [-0.3, -0.25) is 4.79 Å². The van der Waals surface area contributed by atoms with Gasteiger partial charge in [-0.15, -0.1) is 0 Å². The van der Waals surface area contributed by atoms with E-state index in [-0.39, 0.29) is 17.2 Å². The van der Waals surface area contributed by atoms with E-state index >= 15 is 0 Å². The van der Waals surface area contributed by atoms with Crippen LogP contribution in [0.25, 0.3) is 0 Å². The molecule has 1 aliphatic rings. The Hall–Kier alpha value is -2.53. The number of nitrogens with zero attached hydrogens (tertiary/aromatic N) is 1. The van der Waals surface area contributed by atoms with Crippen LogP contribution >= 0.6 is 0 Å². The number of nitrogens with one attached hydrogen (secondary N) is 1. The molecule has 1 amide bonds. The molecule has 0 radical (unpaired) electrons. The second kappa shape index (κ2) is 11.6. The molecule has 1 aliphatic heterocycles. The van der Waals surface area contributed by atoms with Gasteiger partial charge in [0.2, 0.25) is 5.91 Å². The van der Waals surface area contributed by atoms with E-state index in [4.69, 9.17) is 9.47 Å². The topological polar surface area (TPSA) is 50.8 Å². The number of ether oxygens (including phenoxy) is 2. The van der Waals surface area contributed by atoms with Gasteiger partial charge in [0.15, 0.2) is 11.5 Å². The van der Waals surface area contributed by atoms with Crippen molar-refractivity contribution in [1.29, 1.82) is 0 Å². The highest BCUT2D eigenvalue weighted by molar-refractivity contribution is 5.91. The van der Waals surface area contributed by atoms with Gasteiger partial charge in [-0.25, -0.2) is 0 Å². The van der Waals surface area contributed by atoms with Crippen molar-refractivity contribution >= 4 is 11.6 Å². The molecule has 5 nitrogen and oxygen atoms in total. The summed E-state index contributed by atoms with van der Waals surface area (Å²) in [4.78, 5) is 15.4. The van der Waals surface area contributed by atoms with Crippen LogP contribution in [0, 0.1) is 0 Å². The summed E-state index contributed by atoms with van der Waals surface area (Å²) in [5, 5.41) is 3.06. The Bertz CT molecular complexity index is 898. The minimum atomic E-state index is 0.0272. The molecule has 0 bridgehead atoms. The number of fused-ring (bicyclic) bond motifs is 1. The van der Waals surface area contributed by atoms with Crippen LogP contribution in [0.4, 0.5) is 5.69 Å². The molecule has 1 N–H and O–H groups in total. The molecular formula is C28H40N2O3. The molecule has 0 aliphatic carbocycles. The fourth-order valence-electron chi connectivity index (χ4n) is 4.30. The molecule has 5 heteroatoms. The number of benzene rings is 2. The fourth-order valence-corrected chi connectivity index (χ4v) is 4.30.